The van der Waals surface area contributed by atoms with Crippen LogP contribution in [0.15, 0.2) is 30.5 Å². The van der Waals surface area contributed by atoms with Crippen molar-refractivity contribution in [1.29, 1.82) is 0 Å². The minimum Gasteiger partial charge on any atom is -0.505 e. The molecule has 1 heterocycles. The minimum atomic E-state index is -0.626. The van der Waals surface area contributed by atoms with E-state index in [0.717, 1.165) is 12.2 Å². The molecule has 0 saturated carbocycles. The Balaban J connectivity index is 2.05. The van der Waals surface area contributed by atoms with Crippen molar-refractivity contribution in [3.05, 3.63) is 42.0 Å². The predicted molar refractivity (Wildman–Crippen MR) is 63.3 cm³/mol. The Labute approximate surface area is 98.7 Å². The number of hydrogen-bond acceptors (Lipinski definition) is 3. The van der Waals surface area contributed by atoms with Crippen LogP contribution < -0.4 is 5.32 Å². The molecule has 0 aliphatic carbocycles. The van der Waals surface area contributed by atoms with E-state index in [0.29, 0.717) is 12.2 Å². The summed E-state index contributed by atoms with van der Waals surface area (Å²) in [6.45, 7) is 3.38. The Bertz CT molecular complexity index is 510. The highest BCUT2D eigenvalue weighted by Gasteiger charge is 2.03. The van der Waals surface area contributed by atoms with Gasteiger partial charge in [-0.3, -0.25) is 4.68 Å². The summed E-state index contributed by atoms with van der Waals surface area (Å²) in [7, 11) is 0. The van der Waals surface area contributed by atoms with Crippen LogP contribution >= 0.6 is 0 Å². The highest BCUT2D eigenvalue weighted by Crippen LogP contribution is 2.19. The van der Waals surface area contributed by atoms with Gasteiger partial charge >= 0.3 is 0 Å². The van der Waals surface area contributed by atoms with Gasteiger partial charge in [0.25, 0.3) is 0 Å². The Morgan fingerprint density at radius 3 is 2.94 bits per heavy atom. The van der Waals surface area contributed by atoms with Crippen molar-refractivity contribution in [1.82, 2.24) is 9.78 Å². The Kier molecular flexibility index (Phi) is 3.27. The largest absolute Gasteiger partial charge is 0.505 e. The molecule has 90 valence electrons. The number of rotatable bonds is 4. The topological polar surface area (TPSA) is 50.1 Å². The van der Waals surface area contributed by atoms with Crippen LogP contribution in [0.25, 0.3) is 0 Å². The van der Waals surface area contributed by atoms with Crippen molar-refractivity contribution in [3.8, 4) is 5.75 Å². The molecule has 5 heteroatoms. The average Bonchev–Trinajstić information content (AvgIpc) is 2.78. The van der Waals surface area contributed by atoms with Gasteiger partial charge in [-0.05, 0) is 25.1 Å². The zero-order valence-electron chi connectivity index (χ0n) is 9.52. The summed E-state index contributed by atoms with van der Waals surface area (Å²) < 4.78 is 14.9. The lowest BCUT2D eigenvalue weighted by Crippen LogP contribution is -2.07. The molecule has 0 amide bonds. The zero-order chi connectivity index (χ0) is 12.3. The van der Waals surface area contributed by atoms with Gasteiger partial charge in [-0.1, -0.05) is 0 Å². The zero-order valence-corrected chi connectivity index (χ0v) is 9.52. The van der Waals surface area contributed by atoms with Gasteiger partial charge in [0, 0.05) is 24.5 Å². The van der Waals surface area contributed by atoms with Crippen LogP contribution in [-0.2, 0) is 13.1 Å². The number of anilines is 1. The van der Waals surface area contributed by atoms with Gasteiger partial charge in [0.15, 0.2) is 11.6 Å². The molecule has 17 heavy (non-hydrogen) atoms. The molecule has 1 aromatic heterocycles. The molecule has 0 bridgehead atoms. The van der Waals surface area contributed by atoms with Crippen molar-refractivity contribution in [2.45, 2.75) is 20.0 Å². The Hall–Kier alpha value is -2.04. The van der Waals surface area contributed by atoms with Crippen LogP contribution in [0.5, 0.6) is 5.75 Å². The number of phenols is 1. The lowest BCUT2D eigenvalue weighted by molar-refractivity contribution is 0.432. The van der Waals surface area contributed by atoms with E-state index >= 15 is 0 Å². The van der Waals surface area contributed by atoms with E-state index in [-0.39, 0.29) is 5.75 Å². The van der Waals surface area contributed by atoms with E-state index in [9.17, 15) is 4.39 Å². The van der Waals surface area contributed by atoms with E-state index in [1.165, 1.54) is 12.1 Å². The molecule has 2 rings (SSSR count). The van der Waals surface area contributed by atoms with Crippen LogP contribution in [-0.4, -0.2) is 14.9 Å². The number of benzene rings is 1. The summed E-state index contributed by atoms with van der Waals surface area (Å²) in [5, 5.41) is 16.3. The van der Waals surface area contributed by atoms with E-state index in [2.05, 4.69) is 10.4 Å². The van der Waals surface area contributed by atoms with Gasteiger partial charge in [-0.25, -0.2) is 4.39 Å². The predicted octanol–water partition coefficient (Wildman–Crippen LogP) is 2.36. The molecule has 2 aromatic rings. The molecule has 0 saturated heterocycles. The fourth-order valence-electron chi connectivity index (χ4n) is 1.60. The van der Waals surface area contributed by atoms with Crippen LogP contribution in [0.3, 0.4) is 0 Å². The van der Waals surface area contributed by atoms with E-state index in [1.54, 1.807) is 12.3 Å². The lowest BCUT2D eigenvalue weighted by Gasteiger charge is -2.08. The molecule has 0 atom stereocenters. The molecule has 2 N–H and O–H groups in total. The maximum absolute atomic E-state index is 13.1. The summed E-state index contributed by atoms with van der Waals surface area (Å²) in [5.41, 5.74) is 1.66. The molecule has 0 aliphatic heterocycles. The molecule has 0 spiro atoms. The van der Waals surface area contributed by atoms with Crippen molar-refractivity contribution in [3.63, 3.8) is 0 Å². The van der Waals surface area contributed by atoms with Gasteiger partial charge in [-0.2, -0.15) is 5.10 Å². The standard InChI is InChI=1S/C12H14FN3O/c1-2-16-10(5-6-15-16)8-14-9-3-4-12(17)11(13)7-9/h3-7,14,17H,2,8H2,1H3. The Morgan fingerprint density at radius 1 is 1.41 bits per heavy atom. The highest BCUT2D eigenvalue weighted by molar-refractivity contribution is 5.47. The molecule has 4 nitrogen and oxygen atoms in total. The quantitative estimate of drug-likeness (QED) is 0.800. The molecule has 1 aromatic carbocycles. The number of halogens is 1. The summed E-state index contributed by atoms with van der Waals surface area (Å²) in [4.78, 5) is 0. The summed E-state index contributed by atoms with van der Waals surface area (Å²) in [5.74, 6) is -0.965. The second-order valence-corrected chi connectivity index (χ2v) is 3.66. The first kappa shape index (κ1) is 11.4. The second-order valence-electron chi connectivity index (χ2n) is 3.66. The first-order valence-corrected chi connectivity index (χ1v) is 5.43. The van der Waals surface area contributed by atoms with E-state index in [1.807, 2.05) is 17.7 Å². The van der Waals surface area contributed by atoms with Crippen LogP contribution in [0.4, 0.5) is 10.1 Å². The van der Waals surface area contributed by atoms with Crippen LogP contribution in [0.2, 0.25) is 0 Å². The second kappa shape index (κ2) is 4.86. The van der Waals surface area contributed by atoms with E-state index < -0.39 is 5.82 Å². The number of nitrogens with zero attached hydrogens (tertiary/aromatic N) is 2. The maximum atomic E-state index is 13.1. The smallest absolute Gasteiger partial charge is 0.166 e. The summed E-state index contributed by atoms with van der Waals surface area (Å²) in [6.07, 6.45) is 1.73. The molecule has 0 unspecified atom stereocenters. The van der Waals surface area contributed by atoms with Gasteiger partial charge in [-0.15, -0.1) is 0 Å². The average molecular weight is 235 g/mol. The lowest BCUT2D eigenvalue weighted by atomic mass is 10.3. The minimum absolute atomic E-state index is 0.339. The third-order valence-corrected chi connectivity index (χ3v) is 2.53. The first-order valence-electron chi connectivity index (χ1n) is 5.43. The normalized spacial score (nSPS) is 10.5. The summed E-state index contributed by atoms with van der Waals surface area (Å²) in [6, 6.07) is 6.13. The maximum Gasteiger partial charge on any atom is 0.166 e. The number of aryl methyl sites for hydroxylation is 1. The first-order chi connectivity index (χ1) is 8.20. The fraction of sp³-hybridized carbons (Fsp3) is 0.250. The SMILES string of the molecule is CCn1nccc1CNc1ccc(O)c(F)c1. The number of aromatic nitrogens is 2. The molecule has 0 aliphatic rings. The Morgan fingerprint density at radius 2 is 2.24 bits per heavy atom. The monoisotopic (exact) mass is 235 g/mol. The van der Waals surface area contributed by atoms with Crippen LogP contribution in [0.1, 0.15) is 12.6 Å². The van der Waals surface area contributed by atoms with Crippen LogP contribution in [0, 0.1) is 5.82 Å². The molecule has 0 radical (unpaired) electrons. The van der Waals surface area contributed by atoms with Crippen molar-refractivity contribution in [2.75, 3.05) is 5.32 Å². The van der Waals surface area contributed by atoms with Gasteiger partial charge in [0.2, 0.25) is 0 Å². The summed E-state index contributed by atoms with van der Waals surface area (Å²) >= 11 is 0. The van der Waals surface area contributed by atoms with Crippen molar-refractivity contribution in [2.24, 2.45) is 0 Å². The third kappa shape index (κ3) is 2.55. The number of phenolic OH excluding ortho intramolecular Hbond substituents is 1. The van der Waals surface area contributed by atoms with Gasteiger partial charge in [0.1, 0.15) is 0 Å². The molecule has 0 fully saturated rings. The number of aromatic hydroxyl groups is 1. The number of nitrogens with one attached hydrogen (secondary N) is 1. The van der Waals surface area contributed by atoms with Gasteiger partial charge < -0.3 is 10.4 Å². The van der Waals surface area contributed by atoms with Gasteiger partial charge in [0.05, 0.1) is 12.2 Å². The van der Waals surface area contributed by atoms with E-state index in [4.69, 9.17) is 5.11 Å². The molecular weight excluding hydrogens is 221 g/mol. The molecular formula is C12H14FN3O. The van der Waals surface area contributed by atoms with Crippen molar-refractivity contribution < 1.29 is 9.50 Å². The fourth-order valence-corrected chi connectivity index (χ4v) is 1.60. The number of hydrogen-bond donors (Lipinski definition) is 2. The highest BCUT2D eigenvalue weighted by atomic mass is 19.1. The van der Waals surface area contributed by atoms with Crippen molar-refractivity contribution >= 4 is 5.69 Å². The third-order valence-electron chi connectivity index (χ3n) is 2.53.